The molecule has 1 unspecified atom stereocenters. The van der Waals surface area contributed by atoms with Crippen LogP contribution in [0.2, 0.25) is 0 Å². The topological polar surface area (TPSA) is 110 Å². The molecule has 0 aromatic carbocycles. The van der Waals surface area contributed by atoms with Crippen molar-refractivity contribution in [1.29, 1.82) is 0 Å². The van der Waals surface area contributed by atoms with Gasteiger partial charge in [0.25, 0.3) is 0 Å². The van der Waals surface area contributed by atoms with E-state index in [1.807, 2.05) is 0 Å². The van der Waals surface area contributed by atoms with Crippen molar-refractivity contribution in [2.45, 2.75) is 19.8 Å². The number of carbonyl (C=O) groups excluding carboxylic acids is 1. The summed E-state index contributed by atoms with van der Waals surface area (Å²) < 4.78 is 0. The van der Waals surface area contributed by atoms with Crippen LogP contribution >= 0.6 is 0 Å². The SMILES string of the molecule is CC(CCCNC(=O)N(CCO)CCO)C(=O)O. The lowest BCUT2D eigenvalue weighted by molar-refractivity contribution is -0.141. The zero-order valence-corrected chi connectivity index (χ0v) is 10.6. The van der Waals surface area contributed by atoms with Gasteiger partial charge in [0.15, 0.2) is 0 Å². The Morgan fingerprint density at radius 1 is 1.22 bits per heavy atom. The molecule has 0 aliphatic rings. The molecule has 1 atom stereocenters. The molecule has 0 saturated heterocycles. The maximum Gasteiger partial charge on any atom is 0.317 e. The van der Waals surface area contributed by atoms with E-state index in [1.165, 1.54) is 4.90 Å². The number of aliphatic hydroxyl groups is 2. The van der Waals surface area contributed by atoms with Gasteiger partial charge < -0.3 is 25.5 Å². The molecule has 4 N–H and O–H groups in total. The van der Waals surface area contributed by atoms with Crippen LogP contribution in [0.5, 0.6) is 0 Å². The number of carbonyl (C=O) groups is 2. The Bertz CT molecular complexity index is 254. The van der Waals surface area contributed by atoms with Crippen LogP contribution in [0, 0.1) is 5.92 Å². The first kappa shape index (κ1) is 16.7. The fourth-order valence-electron chi connectivity index (χ4n) is 1.40. The molecule has 0 radical (unpaired) electrons. The Kier molecular flexibility index (Phi) is 8.95. The third-order valence-electron chi connectivity index (χ3n) is 2.54. The van der Waals surface area contributed by atoms with Crippen molar-refractivity contribution in [2.75, 3.05) is 32.8 Å². The highest BCUT2D eigenvalue weighted by Crippen LogP contribution is 2.04. The van der Waals surface area contributed by atoms with Gasteiger partial charge in [0.1, 0.15) is 0 Å². The summed E-state index contributed by atoms with van der Waals surface area (Å²) in [6.45, 7) is 2.00. The normalized spacial score (nSPS) is 11.9. The van der Waals surface area contributed by atoms with Crippen molar-refractivity contribution >= 4 is 12.0 Å². The van der Waals surface area contributed by atoms with Gasteiger partial charge in [0, 0.05) is 19.6 Å². The molecule has 0 rings (SSSR count). The minimum atomic E-state index is -0.844. The third-order valence-corrected chi connectivity index (χ3v) is 2.54. The van der Waals surface area contributed by atoms with E-state index in [2.05, 4.69) is 5.32 Å². The lowest BCUT2D eigenvalue weighted by atomic mass is 10.1. The molecule has 0 aliphatic carbocycles. The zero-order chi connectivity index (χ0) is 14.0. The first-order chi connectivity index (χ1) is 8.52. The van der Waals surface area contributed by atoms with Gasteiger partial charge in [-0.1, -0.05) is 6.92 Å². The van der Waals surface area contributed by atoms with Crippen LogP contribution in [0.1, 0.15) is 19.8 Å². The lowest BCUT2D eigenvalue weighted by Gasteiger charge is -2.21. The number of hydrogen-bond acceptors (Lipinski definition) is 4. The second-order valence-electron chi connectivity index (χ2n) is 4.05. The fourth-order valence-corrected chi connectivity index (χ4v) is 1.40. The summed E-state index contributed by atoms with van der Waals surface area (Å²) in [4.78, 5) is 23.4. The van der Waals surface area contributed by atoms with Crippen molar-refractivity contribution in [2.24, 2.45) is 5.92 Å². The van der Waals surface area contributed by atoms with Gasteiger partial charge in [-0.05, 0) is 12.8 Å². The van der Waals surface area contributed by atoms with Gasteiger partial charge in [-0.25, -0.2) is 4.79 Å². The standard InChI is InChI=1S/C11H22N2O5/c1-9(10(16)17)3-2-4-12-11(18)13(5-7-14)6-8-15/h9,14-15H,2-8H2,1H3,(H,12,18)(H,16,17). The molecule has 0 aromatic rings. The molecule has 106 valence electrons. The Labute approximate surface area is 106 Å². The first-order valence-electron chi connectivity index (χ1n) is 6.00. The smallest absolute Gasteiger partial charge is 0.317 e. The minimum Gasteiger partial charge on any atom is -0.481 e. The molecule has 2 amide bonds. The Hall–Kier alpha value is -1.34. The highest BCUT2D eigenvalue weighted by atomic mass is 16.4. The number of aliphatic hydroxyl groups excluding tert-OH is 2. The third kappa shape index (κ3) is 7.08. The molecule has 0 aliphatic heterocycles. The first-order valence-corrected chi connectivity index (χ1v) is 6.00. The number of nitrogens with zero attached hydrogens (tertiary/aromatic N) is 1. The average Bonchev–Trinajstić information content (AvgIpc) is 2.33. The van der Waals surface area contributed by atoms with Crippen molar-refractivity contribution < 1.29 is 24.9 Å². The number of carboxylic acid groups (broad SMARTS) is 1. The number of amides is 2. The van der Waals surface area contributed by atoms with Crippen LogP contribution in [0.4, 0.5) is 4.79 Å². The molecule has 7 nitrogen and oxygen atoms in total. The molecule has 18 heavy (non-hydrogen) atoms. The molecule has 0 fully saturated rings. The van der Waals surface area contributed by atoms with Crippen LogP contribution in [-0.2, 0) is 4.79 Å². The van der Waals surface area contributed by atoms with E-state index < -0.39 is 11.9 Å². The Balaban J connectivity index is 3.83. The van der Waals surface area contributed by atoms with Gasteiger partial charge in [-0.2, -0.15) is 0 Å². The van der Waals surface area contributed by atoms with Gasteiger partial charge >= 0.3 is 12.0 Å². The number of urea groups is 1. The number of rotatable bonds is 9. The van der Waals surface area contributed by atoms with E-state index in [0.29, 0.717) is 19.4 Å². The van der Waals surface area contributed by atoms with Crippen LogP contribution in [-0.4, -0.2) is 65.1 Å². The Morgan fingerprint density at radius 2 is 1.78 bits per heavy atom. The Morgan fingerprint density at radius 3 is 2.22 bits per heavy atom. The highest BCUT2D eigenvalue weighted by Gasteiger charge is 2.13. The van der Waals surface area contributed by atoms with Gasteiger partial charge in [0.2, 0.25) is 0 Å². The molecular weight excluding hydrogens is 240 g/mol. The van der Waals surface area contributed by atoms with Crippen molar-refractivity contribution in [3.05, 3.63) is 0 Å². The molecule has 0 aromatic heterocycles. The van der Waals surface area contributed by atoms with E-state index in [-0.39, 0.29) is 32.3 Å². The van der Waals surface area contributed by atoms with Crippen LogP contribution < -0.4 is 5.32 Å². The van der Waals surface area contributed by atoms with Crippen LogP contribution in [0.25, 0.3) is 0 Å². The quantitative estimate of drug-likeness (QED) is 0.418. The number of nitrogens with one attached hydrogen (secondary N) is 1. The number of carboxylic acids is 1. The fraction of sp³-hybridized carbons (Fsp3) is 0.818. The second-order valence-corrected chi connectivity index (χ2v) is 4.05. The van der Waals surface area contributed by atoms with Crippen LogP contribution in [0.3, 0.4) is 0 Å². The van der Waals surface area contributed by atoms with Crippen molar-refractivity contribution in [3.63, 3.8) is 0 Å². The molecule has 0 bridgehead atoms. The molecule has 0 heterocycles. The largest absolute Gasteiger partial charge is 0.481 e. The monoisotopic (exact) mass is 262 g/mol. The summed E-state index contributed by atoms with van der Waals surface area (Å²) in [6, 6.07) is -0.360. The van der Waals surface area contributed by atoms with Gasteiger partial charge in [0.05, 0.1) is 19.1 Å². The summed E-state index contributed by atoms with van der Waals surface area (Å²) in [6.07, 6.45) is 1.07. The summed E-state index contributed by atoms with van der Waals surface area (Å²) >= 11 is 0. The van der Waals surface area contributed by atoms with Gasteiger partial charge in [-0.3, -0.25) is 4.79 Å². The van der Waals surface area contributed by atoms with E-state index >= 15 is 0 Å². The van der Waals surface area contributed by atoms with Crippen molar-refractivity contribution in [1.82, 2.24) is 10.2 Å². The zero-order valence-electron chi connectivity index (χ0n) is 10.6. The summed E-state index contributed by atoms with van der Waals surface area (Å²) in [7, 11) is 0. The van der Waals surface area contributed by atoms with Crippen molar-refractivity contribution in [3.8, 4) is 0 Å². The molecule has 0 saturated carbocycles. The second kappa shape index (κ2) is 9.67. The van der Waals surface area contributed by atoms with E-state index in [0.717, 1.165) is 0 Å². The van der Waals surface area contributed by atoms with E-state index in [9.17, 15) is 9.59 Å². The van der Waals surface area contributed by atoms with E-state index in [4.69, 9.17) is 15.3 Å². The lowest BCUT2D eigenvalue weighted by Crippen LogP contribution is -2.43. The summed E-state index contributed by atoms with van der Waals surface area (Å²) in [5, 5.41) is 28.8. The van der Waals surface area contributed by atoms with E-state index in [1.54, 1.807) is 6.92 Å². The van der Waals surface area contributed by atoms with Gasteiger partial charge in [-0.15, -0.1) is 0 Å². The number of aliphatic carboxylic acids is 1. The average molecular weight is 262 g/mol. The molecular formula is C11H22N2O5. The predicted octanol–water partition coefficient (Wildman–Crippen LogP) is -0.516. The molecule has 0 spiro atoms. The highest BCUT2D eigenvalue weighted by molar-refractivity contribution is 5.74. The molecule has 7 heteroatoms. The summed E-state index contributed by atoms with van der Waals surface area (Å²) in [5.41, 5.74) is 0. The maximum atomic E-state index is 11.6. The minimum absolute atomic E-state index is 0.163. The maximum absolute atomic E-state index is 11.6. The van der Waals surface area contributed by atoms with Crippen LogP contribution in [0.15, 0.2) is 0 Å². The number of hydrogen-bond donors (Lipinski definition) is 4. The summed E-state index contributed by atoms with van der Waals surface area (Å²) in [5.74, 6) is -1.27. The predicted molar refractivity (Wildman–Crippen MR) is 65.2 cm³/mol.